The number of nitrogens with one attached hydrogen (secondary N) is 2. The van der Waals surface area contributed by atoms with Crippen LogP contribution in [0.2, 0.25) is 0 Å². The van der Waals surface area contributed by atoms with E-state index in [2.05, 4.69) is 10.6 Å². The van der Waals surface area contributed by atoms with E-state index in [1.54, 1.807) is 25.3 Å². The number of benzene rings is 3. The normalized spacial score (nSPS) is 12.7. The van der Waals surface area contributed by atoms with Gasteiger partial charge in [0.15, 0.2) is 0 Å². The molecule has 0 saturated carbocycles. The van der Waals surface area contributed by atoms with Crippen molar-refractivity contribution >= 4 is 28.3 Å². The number of aliphatic hydroxyl groups is 1. The van der Waals surface area contributed by atoms with Gasteiger partial charge in [0.2, 0.25) is 11.8 Å². The van der Waals surface area contributed by atoms with Gasteiger partial charge in [0, 0.05) is 23.6 Å². The van der Waals surface area contributed by atoms with Crippen molar-refractivity contribution in [3.63, 3.8) is 0 Å². The van der Waals surface area contributed by atoms with E-state index in [-0.39, 0.29) is 12.2 Å². The van der Waals surface area contributed by atoms with E-state index in [0.29, 0.717) is 11.4 Å². The predicted octanol–water partition coefficient (Wildman–Crippen LogP) is 1.54. The van der Waals surface area contributed by atoms with Crippen LogP contribution >= 0.6 is 0 Å². The van der Waals surface area contributed by atoms with Gasteiger partial charge in [-0.3, -0.25) is 9.59 Å². The van der Waals surface area contributed by atoms with Crippen molar-refractivity contribution in [3.05, 3.63) is 66.2 Å². The molecule has 31 heavy (non-hydrogen) atoms. The number of carbonyl (C=O) groups is 2. The second-order valence-corrected chi connectivity index (χ2v) is 7.11. The van der Waals surface area contributed by atoms with Crippen molar-refractivity contribution in [3.8, 4) is 11.5 Å². The fourth-order valence-corrected chi connectivity index (χ4v) is 3.18. The predicted molar refractivity (Wildman–Crippen MR) is 118 cm³/mol. The van der Waals surface area contributed by atoms with Gasteiger partial charge >= 0.3 is 0 Å². The van der Waals surface area contributed by atoms with Gasteiger partial charge < -0.3 is 31.3 Å². The molecule has 3 aromatic carbocycles. The number of aliphatic hydroxyl groups excluding tert-OH is 1. The Labute approximate surface area is 179 Å². The summed E-state index contributed by atoms with van der Waals surface area (Å²) in [5.41, 5.74) is 6.83. The second kappa shape index (κ2) is 9.92. The van der Waals surface area contributed by atoms with Crippen LogP contribution in [0.4, 0.5) is 5.69 Å². The number of fused-ring (bicyclic) bond motifs is 1. The summed E-state index contributed by atoms with van der Waals surface area (Å²) in [7, 11) is 1.55. The molecule has 0 aliphatic carbocycles. The molecule has 0 bridgehead atoms. The Morgan fingerprint density at radius 2 is 1.77 bits per heavy atom. The molecule has 8 nitrogen and oxygen atoms in total. The molecule has 2 amide bonds. The third kappa shape index (κ3) is 5.50. The topological polar surface area (TPSA) is 134 Å². The number of rotatable bonds is 8. The number of phenolic OH excluding ortho intramolecular Hbond substituents is 1. The molecule has 0 fully saturated rings. The minimum atomic E-state index is -1.14. The average Bonchev–Trinajstić information content (AvgIpc) is 2.78. The number of amides is 2. The highest BCUT2D eigenvalue weighted by molar-refractivity contribution is 6.01. The molecule has 3 aromatic rings. The van der Waals surface area contributed by atoms with Crippen LogP contribution in [0.5, 0.6) is 11.5 Å². The van der Waals surface area contributed by atoms with Gasteiger partial charge in [-0.2, -0.15) is 0 Å². The molecule has 0 aromatic heterocycles. The molecule has 162 valence electrons. The van der Waals surface area contributed by atoms with Crippen LogP contribution in [-0.4, -0.2) is 47.8 Å². The average molecular weight is 423 g/mol. The van der Waals surface area contributed by atoms with Crippen LogP contribution < -0.4 is 21.1 Å². The molecular weight excluding hydrogens is 398 g/mol. The standard InChI is InChI=1S/C23H25N3O5/c1-31-21-12-16(11-15-4-2-3-5-18(15)21)25-23(30)20(26-22(29)19(24)13-27)10-14-6-8-17(28)9-7-14/h2-9,11-12,19-20,27-28H,10,13,24H2,1H3,(H,25,30)(H,26,29). The molecule has 0 radical (unpaired) electrons. The molecule has 0 saturated heterocycles. The SMILES string of the molecule is COc1cc(NC(=O)C(Cc2ccc(O)cc2)NC(=O)C(N)CO)cc2ccccc12. The van der Waals surface area contributed by atoms with Crippen molar-refractivity contribution in [2.24, 2.45) is 5.73 Å². The van der Waals surface area contributed by atoms with Gasteiger partial charge in [-0.15, -0.1) is 0 Å². The fourth-order valence-electron chi connectivity index (χ4n) is 3.18. The van der Waals surface area contributed by atoms with Crippen molar-refractivity contribution in [2.75, 3.05) is 19.0 Å². The number of nitrogens with two attached hydrogens (primary N) is 1. The zero-order valence-corrected chi connectivity index (χ0v) is 17.0. The highest BCUT2D eigenvalue weighted by atomic mass is 16.5. The van der Waals surface area contributed by atoms with Gasteiger partial charge in [0.05, 0.1) is 13.7 Å². The zero-order chi connectivity index (χ0) is 22.4. The number of hydrogen-bond acceptors (Lipinski definition) is 6. The lowest BCUT2D eigenvalue weighted by molar-refractivity contribution is -0.127. The van der Waals surface area contributed by atoms with E-state index in [1.807, 2.05) is 30.3 Å². The highest BCUT2D eigenvalue weighted by Gasteiger charge is 2.24. The third-order valence-corrected chi connectivity index (χ3v) is 4.85. The molecule has 2 atom stereocenters. The highest BCUT2D eigenvalue weighted by Crippen LogP contribution is 2.29. The maximum Gasteiger partial charge on any atom is 0.247 e. The molecular formula is C23H25N3O5. The number of anilines is 1. The monoisotopic (exact) mass is 423 g/mol. The Morgan fingerprint density at radius 3 is 2.45 bits per heavy atom. The molecule has 0 aliphatic rings. The summed E-state index contributed by atoms with van der Waals surface area (Å²) in [6, 6.07) is 15.4. The van der Waals surface area contributed by atoms with E-state index in [0.717, 1.165) is 16.3 Å². The molecule has 3 rings (SSSR count). The first kappa shape index (κ1) is 22.1. The van der Waals surface area contributed by atoms with Crippen LogP contribution in [0.15, 0.2) is 60.7 Å². The number of ether oxygens (including phenoxy) is 1. The first-order valence-electron chi connectivity index (χ1n) is 9.73. The van der Waals surface area contributed by atoms with Crippen molar-refractivity contribution < 1.29 is 24.5 Å². The maximum atomic E-state index is 13.0. The minimum absolute atomic E-state index is 0.0966. The van der Waals surface area contributed by atoms with Crippen LogP contribution in [0, 0.1) is 0 Å². The summed E-state index contributed by atoms with van der Waals surface area (Å²) in [5.74, 6) is -0.393. The van der Waals surface area contributed by atoms with Crippen LogP contribution in [0.3, 0.4) is 0 Å². The van der Waals surface area contributed by atoms with E-state index in [9.17, 15) is 14.7 Å². The molecule has 6 N–H and O–H groups in total. The number of aromatic hydroxyl groups is 1. The smallest absolute Gasteiger partial charge is 0.247 e. The summed E-state index contributed by atoms with van der Waals surface area (Å²) >= 11 is 0. The zero-order valence-electron chi connectivity index (χ0n) is 17.0. The van der Waals surface area contributed by atoms with Crippen LogP contribution in [0.1, 0.15) is 5.56 Å². The third-order valence-electron chi connectivity index (χ3n) is 4.85. The van der Waals surface area contributed by atoms with Gasteiger partial charge in [-0.1, -0.05) is 36.4 Å². The molecule has 0 aliphatic heterocycles. The van der Waals surface area contributed by atoms with Gasteiger partial charge in [-0.25, -0.2) is 0 Å². The summed E-state index contributed by atoms with van der Waals surface area (Å²) in [6.45, 7) is -0.540. The number of carbonyl (C=O) groups excluding carboxylic acids is 2. The largest absolute Gasteiger partial charge is 0.508 e. The van der Waals surface area contributed by atoms with Gasteiger partial charge in [0.1, 0.15) is 23.6 Å². The number of methoxy groups -OCH3 is 1. The Balaban J connectivity index is 1.85. The quantitative estimate of drug-likeness (QED) is 0.373. The van der Waals surface area contributed by atoms with Crippen molar-refractivity contribution in [1.29, 1.82) is 0 Å². The Bertz CT molecular complexity index is 1070. The summed E-state index contributed by atoms with van der Waals surface area (Å²) < 4.78 is 5.44. The Morgan fingerprint density at radius 1 is 1.06 bits per heavy atom. The fraction of sp³-hybridized carbons (Fsp3) is 0.217. The van der Waals surface area contributed by atoms with Gasteiger partial charge in [-0.05, 0) is 29.1 Å². The van der Waals surface area contributed by atoms with E-state index >= 15 is 0 Å². The lowest BCUT2D eigenvalue weighted by atomic mass is 10.0. The second-order valence-electron chi connectivity index (χ2n) is 7.11. The maximum absolute atomic E-state index is 13.0. The van der Waals surface area contributed by atoms with E-state index in [1.165, 1.54) is 12.1 Å². The minimum Gasteiger partial charge on any atom is -0.508 e. The molecule has 8 heteroatoms. The van der Waals surface area contributed by atoms with Crippen LogP contribution in [0.25, 0.3) is 10.8 Å². The van der Waals surface area contributed by atoms with E-state index in [4.69, 9.17) is 15.6 Å². The van der Waals surface area contributed by atoms with Crippen LogP contribution in [-0.2, 0) is 16.0 Å². The van der Waals surface area contributed by atoms with Crippen molar-refractivity contribution in [1.82, 2.24) is 5.32 Å². The first-order chi connectivity index (χ1) is 14.9. The molecule has 2 unspecified atom stereocenters. The lowest BCUT2D eigenvalue weighted by Crippen LogP contribution is -2.52. The first-order valence-corrected chi connectivity index (χ1v) is 9.73. The summed E-state index contributed by atoms with van der Waals surface area (Å²) in [6.07, 6.45) is 0.167. The number of phenols is 1. The molecule has 0 heterocycles. The summed E-state index contributed by atoms with van der Waals surface area (Å²) in [5, 5.41) is 25.8. The van der Waals surface area contributed by atoms with Gasteiger partial charge in [0.25, 0.3) is 0 Å². The molecule has 0 spiro atoms. The lowest BCUT2D eigenvalue weighted by Gasteiger charge is -2.21. The Hall–Kier alpha value is -3.62. The van der Waals surface area contributed by atoms with Crippen molar-refractivity contribution in [2.45, 2.75) is 18.5 Å². The number of hydrogen-bond donors (Lipinski definition) is 5. The van der Waals surface area contributed by atoms with E-state index < -0.39 is 30.5 Å². The summed E-state index contributed by atoms with van der Waals surface area (Å²) in [4.78, 5) is 25.3. The Kier molecular flexibility index (Phi) is 7.07.